The van der Waals surface area contributed by atoms with Crippen molar-refractivity contribution in [3.05, 3.63) is 70.0 Å². The van der Waals surface area contributed by atoms with Crippen LogP contribution >= 0.6 is 22.6 Å². The molecule has 170 valence electrons. The molecule has 0 saturated carbocycles. The summed E-state index contributed by atoms with van der Waals surface area (Å²) in [5, 5.41) is 13.8. The zero-order valence-corrected chi connectivity index (χ0v) is 19.7. The number of imide groups is 1. The quantitative estimate of drug-likeness (QED) is 0.231. The number of hydrogen-bond donors (Lipinski definition) is 1. The summed E-state index contributed by atoms with van der Waals surface area (Å²) in [7, 11) is 0. The Labute approximate surface area is 197 Å². The maximum atomic E-state index is 14.5. The number of halogens is 2. The van der Waals surface area contributed by atoms with Crippen molar-refractivity contribution in [1.82, 2.24) is 5.32 Å². The fraction of sp³-hybridized carbons (Fsp3) is 0.286. The van der Waals surface area contributed by atoms with E-state index in [9.17, 15) is 28.9 Å². The number of amides is 3. The zero-order valence-electron chi connectivity index (χ0n) is 17.5. The molecule has 3 amide bonds. The lowest BCUT2D eigenvalue weighted by molar-refractivity contribution is -0.385. The van der Waals surface area contributed by atoms with Crippen molar-refractivity contribution in [2.45, 2.75) is 36.8 Å². The van der Waals surface area contributed by atoms with Crippen LogP contribution in [0.25, 0.3) is 0 Å². The molecule has 9 nitrogen and oxygen atoms in total. The molecule has 1 N–H and O–H groups in total. The van der Waals surface area contributed by atoms with E-state index in [0.717, 1.165) is 18.2 Å². The lowest BCUT2D eigenvalue weighted by Gasteiger charge is -2.27. The summed E-state index contributed by atoms with van der Waals surface area (Å²) < 4.78 is 18.8. The molecule has 0 unspecified atom stereocenters. The van der Waals surface area contributed by atoms with Crippen LogP contribution in [0.15, 0.2) is 48.5 Å². The first-order valence-electron chi connectivity index (χ1n) is 9.51. The van der Waals surface area contributed by atoms with Crippen LogP contribution in [0.3, 0.4) is 0 Å². The largest absolute Gasteiger partial charge is 0.433 e. The number of nitrogens with one attached hydrogen (secondary N) is 1. The van der Waals surface area contributed by atoms with Gasteiger partial charge >= 0.3 is 6.09 Å². The van der Waals surface area contributed by atoms with Gasteiger partial charge in [-0.3, -0.25) is 19.7 Å². The fourth-order valence-corrected chi connectivity index (χ4v) is 3.00. The van der Waals surface area contributed by atoms with E-state index in [1.807, 2.05) is 22.6 Å². The molecule has 2 aromatic rings. The molecule has 32 heavy (non-hydrogen) atoms. The Balaban J connectivity index is 2.51. The van der Waals surface area contributed by atoms with E-state index in [1.54, 1.807) is 39.0 Å². The molecule has 0 bridgehead atoms. The molecule has 0 aliphatic rings. The highest BCUT2D eigenvalue weighted by atomic mass is 127. The van der Waals surface area contributed by atoms with Crippen LogP contribution in [0.4, 0.5) is 20.6 Å². The van der Waals surface area contributed by atoms with Gasteiger partial charge in [0.05, 0.1) is 10.6 Å². The highest BCUT2D eigenvalue weighted by Gasteiger charge is 2.36. The molecule has 0 aromatic heterocycles. The van der Waals surface area contributed by atoms with Gasteiger partial charge in [-0.25, -0.2) is 14.1 Å². The van der Waals surface area contributed by atoms with Gasteiger partial charge in [0.2, 0.25) is 0 Å². The summed E-state index contributed by atoms with van der Waals surface area (Å²) in [6, 6.07) is 9.30. The number of carbonyl (C=O) groups excluding carboxylic acids is 3. The number of rotatable bonds is 7. The maximum Gasteiger partial charge on any atom is 0.409 e. The van der Waals surface area contributed by atoms with E-state index >= 15 is 0 Å². The van der Waals surface area contributed by atoms with Crippen LogP contribution < -0.4 is 10.2 Å². The molecule has 2 rings (SSSR count). The average Bonchev–Trinajstić information content (AvgIpc) is 2.71. The van der Waals surface area contributed by atoms with E-state index in [2.05, 4.69) is 5.32 Å². The lowest BCUT2D eigenvalue weighted by atomic mass is 10.1. The van der Waals surface area contributed by atoms with Gasteiger partial charge in [0, 0.05) is 6.07 Å². The summed E-state index contributed by atoms with van der Waals surface area (Å²) in [5.41, 5.74) is -1.58. The minimum atomic E-state index is -1.23. The number of anilines is 1. The lowest BCUT2D eigenvalue weighted by Crippen LogP contribution is -2.51. The molecule has 0 radical (unpaired) electrons. The van der Waals surface area contributed by atoms with E-state index < -0.39 is 49.5 Å². The zero-order chi connectivity index (χ0) is 24.1. The maximum absolute atomic E-state index is 14.5. The SMILES string of the molecule is CC[C@H](NC(=O)OC(C)(C)I)C(=O)N(C(=O)c1c(F)cccc1[N+](=O)[O-])c1ccccc1. The fourth-order valence-electron chi connectivity index (χ4n) is 2.80. The van der Waals surface area contributed by atoms with Crippen molar-refractivity contribution in [2.24, 2.45) is 0 Å². The number of carbonyl (C=O) groups is 3. The second-order valence-electron chi connectivity index (χ2n) is 7.06. The summed E-state index contributed by atoms with van der Waals surface area (Å²) in [6.07, 6.45) is -0.812. The minimum absolute atomic E-state index is 0.0582. The molecular formula is C21H21FIN3O6. The number of ether oxygens (including phenoxy) is 1. The summed E-state index contributed by atoms with van der Waals surface area (Å²) in [6.45, 7) is 4.86. The van der Waals surface area contributed by atoms with Gasteiger partial charge < -0.3 is 10.1 Å². The third kappa shape index (κ3) is 6.22. The van der Waals surface area contributed by atoms with Crippen molar-refractivity contribution in [2.75, 3.05) is 4.90 Å². The number of nitro benzene ring substituents is 1. The highest BCUT2D eigenvalue weighted by Crippen LogP contribution is 2.27. The molecule has 0 spiro atoms. The van der Waals surface area contributed by atoms with E-state index in [-0.39, 0.29) is 12.1 Å². The van der Waals surface area contributed by atoms with Crippen molar-refractivity contribution < 1.29 is 28.4 Å². The van der Waals surface area contributed by atoms with Gasteiger partial charge in [-0.1, -0.05) is 31.2 Å². The second kappa shape index (κ2) is 10.5. The number of nitrogens with zero attached hydrogens (tertiary/aromatic N) is 2. The van der Waals surface area contributed by atoms with Crippen LogP contribution in [0, 0.1) is 15.9 Å². The molecule has 2 aromatic carbocycles. The van der Waals surface area contributed by atoms with Gasteiger partial charge in [-0.2, -0.15) is 0 Å². The van der Waals surface area contributed by atoms with Crippen LogP contribution in [0.1, 0.15) is 37.6 Å². The summed E-state index contributed by atoms with van der Waals surface area (Å²) in [5.74, 6) is -3.27. The number of para-hydroxylation sites is 1. The third-order valence-corrected chi connectivity index (χ3v) is 4.39. The Morgan fingerprint density at radius 2 is 1.81 bits per heavy atom. The summed E-state index contributed by atoms with van der Waals surface area (Å²) >= 11 is 1.88. The predicted molar refractivity (Wildman–Crippen MR) is 123 cm³/mol. The molecule has 0 saturated heterocycles. The van der Waals surface area contributed by atoms with Crippen LogP contribution in [0.2, 0.25) is 0 Å². The first-order valence-corrected chi connectivity index (χ1v) is 10.6. The molecule has 11 heteroatoms. The summed E-state index contributed by atoms with van der Waals surface area (Å²) in [4.78, 5) is 49.9. The van der Waals surface area contributed by atoms with Gasteiger partial charge in [-0.15, -0.1) is 0 Å². The van der Waals surface area contributed by atoms with Crippen molar-refractivity contribution in [1.29, 1.82) is 0 Å². The number of hydrogen-bond acceptors (Lipinski definition) is 6. The Morgan fingerprint density at radius 1 is 1.19 bits per heavy atom. The number of benzene rings is 2. The van der Waals surface area contributed by atoms with Crippen LogP contribution in [-0.2, 0) is 9.53 Å². The first-order chi connectivity index (χ1) is 15.0. The topological polar surface area (TPSA) is 119 Å². The standard InChI is InChI=1S/C21H21FIN3O6/c1-4-15(24-20(29)32-21(2,3)23)18(27)25(13-9-6-5-7-10-13)19(28)17-14(22)11-8-12-16(17)26(30)31/h5-12,15H,4H2,1-3H3,(H,24,29)/t15-/m0/s1. The molecule has 1 atom stereocenters. The second-order valence-corrected chi connectivity index (χ2v) is 9.66. The predicted octanol–water partition coefficient (Wildman–Crippen LogP) is 4.58. The van der Waals surface area contributed by atoms with Crippen molar-refractivity contribution >= 4 is 51.9 Å². The molecule has 0 aliphatic heterocycles. The third-order valence-electron chi connectivity index (χ3n) is 4.17. The van der Waals surface area contributed by atoms with Gasteiger partial charge in [0.15, 0.2) is 9.17 Å². The van der Waals surface area contributed by atoms with Gasteiger partial charge in [0.1, 0.15) is 11.9 Å². The van der Waals surface area contributed by atoms with E-state index in [1.165, 1.54) is 12.1 Å². The average molecular weight is 557 g/mol. The number of alkyl halides is 1. The monoisotopic (exact) mass is 557 g/mol. The van der Waals surface area contributed by atoms with Crippen molar-refractivity contribution in [3.8, 4) is 0 Å². The van der Waals surface area contributed by atoms with E-state index in [4.69, 9.17) is 4.74 Å². The van der Waals surface area contributed by atoms with Crippen molar-refractivity contribution in [3.63, 3.8) is 0 Å². The normalized spacial score (nSPS) is 11.9. The molecule has 0 fully saturated rings. The minimum Gasteiger partial charge on any atom is -0.433 e. The highest BCUT2D eigenvalue weighted by molar-refractivity contribution is 14.1. The van der Waals surface area contributed by atoms with Gasteiger partial charge in [0.25, 0.3) is 17.5 Å². The smallest absolute Gasteiger partial charge is 0.409 e. The van der Waals surface area contributed by atoms with E-state index in [0.29, 0.717) is 4.90 Å². The number of alkyl carbamates (subject to hydrolysis) is 1. The Kier molecular flexibility index (Phi) is 8.25. The Morgan fingerprint density at radius 3 is 2.34 bits per heavy atom. The number of nitro groups is 1. The van der Waals surface area contributed by atoms with Gasteiger partial charge in [-0.05, 0) is 61.1 Å². The van der Waals surface area contributed by atoms with Crippen LogP contribution in [-0.4, -0.2) is 32.5 Å². The Hall–Kier alpha value is -3.09. The molecule has 0 aliphatic carbocycles. The Bertz CT molecular complexity index is 1030. The van der Waals surface area contributed by atoms with Crippen LogP contribution in [0.5, 0.6) is 0 Å². The molecule has 0 heterocycles. The first kappa shape index (κ1) is 25.2. The molecular weight excluding hydrogens is 536 g/mol.